The van der Waals surface area contributed by atoms with Crippen LogP contribution in [-0.2, 0) is 42.3 Å². The molecule has 0 aromatic heterocycles. The van der Waals surface area contributed by atoms with Crippen molar-refractivity contribution in [3.8, 4) is 0 Å². The Morgan fingerprint density at radius 3 is 2.06 bits per heavy atom. The lowest BCUT2D eigenvalue weighted by atomic mass is 10.1. The molecule has 0 aliphatic carbocycles. The van der Waals surface area contributed by atoms with Crippen LogP contribution in [0.3, 0.4) is 0 Å². The lowest BCUT2D eigenvalue weighted by molar-refractivity contribution is -0.141. The van der Waals surface area contributed by atoms with E-state index >= 15 is 0 Å². The molecule has 48 heavy (non-hydrogen) atoms. The molecule has 3 aliphatic rings. The molecular formula is C32H29F4N5O7. The zero-order valence-corrected chi connectivity index (χ0v) is 25.8. The SMILES string of the molecule is CC(=O)NC[C@H]1CN(c2ccc3c(c2)C(F)(F)C(=O)N3C)C(=O)O1.CN1C(=O)C(F)(F)c2cc(NC(=O)OCc3ccccc3)ccc21. The molecule has 0 unspecified atom stereocenters. The van der Waals surface area contributed by atoms with Gasteiger partial charge in [0.05, 0.1) is 35.6 Å². The first-order chi connectivity index (χ1) is 22.6. The first-order valence-electron chi connectivity index (χ1n) is 14.4. The second kappa shape index (κ2) is 12.8. The summed E-state index contributed by atoms with van der Waals surface area (Å²) in [5.41, 5.74) is 0.507. The summed E-state index contributed by atoms with van der Waals surface area (Å²) in [4.78, 5) is 60.8. The standard InChI is InChI=1S/C17H14F2N2O3.C15H15F2N3O4/c1-21-14-8-7-12(9-13(14)17(18,19)15(21)22)20-16(23)24-10-11-5-3-2-4-6-11;1-8(21)18-6-10-7-20(14(23)24-10)9-3-4-12-11(5-9)15(16,17)13(22)19(12)2/h2-9H,10H2,1H3,(H,20,23);3-5,10H,6-7H2,1-2H3,(H,18,21)/t;10-/m.0/s1. The zero-order valence-electron chi connectivity index (χ0n) is 25.8. The smallest absolute Gasteiger partial charge is 0.414 e. The van der Waals surface area contributed by atoms with Gasteiger partial charge in [-0.25, -0.2) is 9.59 Å². The second-order valence-corrected chi connectivity index (χ2v) is 11.1. The summed E-state index contributed by atoms with van der Waals surface area (Å²) >= 11 is 0. The highest BCUT2D eigenvalue weighted by Crippen LogP contribution is 2.46. The first-order valence-corrected chi connectivity index (χ1v) is 14.4. The number of benzene rings is 3. The van der Waals surface area contributed by atoms with Gasteiger partial charge in [0, 0.05) is 32.4 Å². The Hall–Kier alpha value is -5.67. The summed E-state index contributed by atoms with van der Waals surface area (Å²) in [5.74, 6) is -10.1. The third-order valence-corrected chi connectivity index (χ3v) is 7.75. The fourth-order valence-electron chi connectivity index (χ4n) is 5.24. The van der Waals surface area contributed by atoms with Crippen molar-refractivity contribution in [3.05, 3.63) is 83.4 Å². The molecule has 0 bridgehead atoms. The van der Waals surface area contributed by atoms with Crippen molar-refractivity contribution in [1.29, 1.82) is 0 Å². The van der Waals surface area contributed by atoms with Gasteiger partial charge in [-0.05, 0) is 42.0 Å². The minimum atomic E-state index is -3.63. The Morgan fingerprint density at radius 1 is 0.875 bits per heavy atom. The molecule has 3 aromatic carbocycles. The zero-order chi connectivity index (χ0) is 35.0. The van der Waals surface area contributed by atoms with E-state index in [9.17, 15) is 41.5 Å². The van der Waals surface area contributed by atoms with Crippen LogP contribution in [0.2, 0.25) is 0 Å². The van der Waals surface area contributed by atoms with Crippen molar-refractivity contribution in [1.82, 2.24) is 5.32 Å². The number of hydrogen-bond acceptors (Lipinski definition) is 7. The van der Waals surface area contributed by atoms with Gasteiger partial charge < -0.3 is 24.6 Å². The summed E-state index contributed by atoms with van der Waals surface area (Å²) in [6.07, 6.45) is -2.02. The highest BCUT2D eigenvalue weighted by Gasteiger charge is 2.53. The molecule has 6 rings (SSSR count). The number of carbonyl (C=O) groups excluding carboxylic acids is 5. The molecule has 1 saturated heterocycles. The van der Waals surface area contributed by atoms with Crippen molar-refractivity contribution < 1.29 is 51.0 Å². The fourth-order valence-corrected chi connectivity index (χ4v) is 5.24. The number of amides is 5. The van der Waals surface area contributed by atoms with Gasteiger partial charge in [0.15, 0.2) is 0 Å². The molecule has 3 heterocycles. The molecule has 12 nitrogen and oxygen atoms in total. The number of halogens is 4. The number of nitrogens with zero attached hydrogens (tertiary/aromatic N) is 3. The van der Waals surface area contributed by atoms with E-state index in [1.54, 1.807) is 12.1 Å². The molecule has 5 amide bonds. The summed E-state index contributed by atoms with van der Waals surface area (Å²) in [7, 11) is 2.55. The van der Waals surface area contributed by atoms with E-state index < -0.39 is 53.1 Å². The third-order valence-electron chi connectivity index (χ3n) is 7.75. The maximum atomic E-state index is 14.1. The lowest BCUT2D eigenvalue weighted by Gasteiger charge is -2.15. The number of ether oxygens (including phenoxy) is 2. The van der Waals surface area contributed by atoms with E-state index in [4.69, 9.17) is 9.47 Å². The maximum Gasteiger partial charge on any atom is 0.414 e. The fraction of sp³-hybridized carbons (Fsp3) is 0.281. The van der Waals surface area contributed by atoms with Crippen LogP contribution >= 0.6 is 0 Å². The number of carbonyl (C=O) groups is 5. The van der Waals surface area contributed by atoms with Crippen LogP contribution in [-0.4, -0.2) is 63.2 Å². The largest absolute Gasteiger partial charge is 0.444 e. The molecule has 3 aliphatic heterocycles. The van der Waals surface area contributed by atoms with Gasteiger partial charge in [-0.2, -0.15) is 17.6 Å². The number of anilines is 4. The van der Waals surface area contributed by atoms with Crippen LogP contribution in [0.1, 0.15) is 23.6 Å². The van der Waals surface area contributed by atoms with E-state index in [1.165, 1.54) is 50.2 Å². The summed E-state index contributed by atoms with van der Waals surface area (Å²) < 4.78 is 66.1. The Bertz CT molecular complexity index is 1790. The van der Waals surface area contributed by atoms with Crippen molar-refractivity contribution in [2.45, 2.75) is 31.5 Å². The summed E-state index contributed by atoms with van der Waals surface area (Å²) in [6, 6.07) is 16.9. The molecule has 3 aromatic rings. The molecule has 0 radical (unpaired) electrons. The number of nitrogens with one attached hydrogen (secondary N) is 2. The van der Waals surface area contributed by atoms with E-state index in [-0.39, 0.29) is 48.4 Å². The highest BCUT2D eigenvalue weighted by molar-refractivity contribution is 6.07. The first kappa shape index (κ1) is 33.7. The van der Waals surface area contributed by atoms with Crippen molar-refractivity contribution >= 4 is 52.7 Å². The van der Waals surface area contributed by atoms with E-state index in [1.807, 2.05) is 18.2 Å². The van der Waals surface area contributed by atoms with Crippen LogP contribution in [0.15, 0.2) is 66.7 Å². The summed E-state index contributed by atoms with van der Waals surface area (Å²) in [5, 5.41) is 4.92. The Labute approximate surface area is 271 Å². The lowest BCUT2D eigenvalue weighted by Crippen LogP contribution is -2.33. The van der Waals surface area contributed by atoms with Gasteiger partial charge in [0.2, 0.25) is 5.91 Å². The minimum absolute atomic E-state index is 0.0645. The monoisotopic (exact) mass is 671 g/mol. The quantitative estimate of drug-likeness (QED) is 0.362. The molecule has 0 spiro atoms. The molecular weight excluding hydrogens is 642 g/mol. The van der Waals surface area contributed by atoms with Crippen LogP contribution in [0.4, 0.5) is 49.9 Å². The topological polar surface area (TPSA) is 138 Å². The average molecular weight is 672 g/mol. The van der Waals surface area contributed by atoms with Gasteiger partial charge in [-0.1, -0.05) is 30.3 Å². The van der Waals surface area contributed by atoms with Crippen LogP contribution < -0.4 is 25.3 Å². The Balaban J connectivity index is 0.000000188. The molecule has 1 fully saturated rings. The number of alkyl halides is 4. The van der Waals surface area contributed by atoms with E-state index in [0.717, 1.165) is 27.5 Å². The number of likely N-dealkylation sites (N-methyl/N-ethyl adjacent to an activating group) is 2. The highest BCUT2D eigenvalue weighted by atomic mass is 19.3. The third kappa shape index (κ3) is 6.45. The minimum Gasteiger partial charge on any atom is -0.444 e. The maximum absolute atomic E-state index is 14.1. The predicted molar refractivity (Wildman–Crippen MR) is 164 cm³/mol. The van der Waals surface area contributed by atoms with Crippen molar-refractivity contribution in [2.75, 3.05) is 47.2 Å². The summed E-state index contributed by atoms with van der Waals surface area (Å²) in [6.45, 7) is 1.66. The van der Waals surface area contributed by atoms with E-state index in [2.05, 4.69) is 10.6 Å². The van der Waals surface area contributed by atoms with Crippen molar-refractivity contribution in [2.24, 2.45) is 0 Å². The van der Waals surface area contributed by atoms with Crippen LogP contribution in [0.25, 0.3) is 0 Å². The van der Waals surface area contributed by atoms with E-state index in [0.29, 0.717) is 0 Å². The molecule has 2 N–H and O–H groups in total. The average Bonchev–Trinajstić information content (AvgIpc) is 3.58. The second-order valence-electron chi connectivity index (χ2n) is 11.1. The number of rotatable bonds is 6. The van der Waals surface area contributed by atoms with Gasteiger partial charge in [-0.15, -0.1) is 0 Å². The van der Waals surface area contributed by atoms with Gasteiger partial charge in [0.25, 0.3) is 0 Å². The number of hydrogen-bond donors (Lipinski definition) is 2. The molecule has 16 heteroatoms. The molecule has 0 saturated carbocycles. The van der Waals surface area contributed by atoms with Crippen LogP contribution in [0.5, 0.6) is 0 Å². The molecule has 252 valence electrons. The van der Waals surface area contributed by atoms with Gasteiger partial charge >= 0.3 is 35.8 Å². The van der Waals surface area contributed by atoms with Crippen molar-refractivity contribution in [3.63, 3.8) is 0 Å². The Kier molecular flexibility index (Phi) is 9.02. The van der Waals surface area contributed by atoms with Gasteiger partial charge in [0.1, 0.15) is 12.7 Å². The normalized spacial score (nSPS) is 18.4. The van der Waals surface area contributed by atoms with Gasteiger partial charge in [-0.3, -0.25) is 24.6 Å². The molecule has 1 atom stereocenters. The number of fused-ring (bicyclic) bond motifs is 2. The van der Waals surface area contributed by atoms with Crippen LogP contribution in [0, 0.1) is 0 Å². The Morgan fingerprint density at radius 2 is 1.46 bits per heavy atom. The number of cyclic esters (lactones) is 1. The predicted octanol–water partition coefficient (Wildman–Crippen LogP) is 4.72.